The molecule has 24 heavy (non-hydrogen) atoms. The zero-order chi connectivity index (χ0) is 18.2. The standard InChI is InChI=1S/C11H5F4N3O5S/c12-7-9(8(13)11(15)17-10(7)14)23-6-2-1-4(24(16,21)22)3-5(6)18(19)20/h1-3H,(H2,16,21,22). The largest absolute Gasteiger partial charge is 0.444 e. The van der Waals surface area contributed by atoms with Gasteiger partial charge in [0.05, 0.1) is 9.82 Å². The van der Waals surface area contributed by atoms with E-state index in [1.165, 1.54) is 0 Å². The molecule has 2 rings (SSSR count). The van der Waals surface area contributed by atoms with Gasteiger partial charge in [0.2, 0.25) is 33.2 Å². The van der Waals surface area contributed by atoms with Crippen molar-refractivity contribution >= 4 is 15.7 Å². The lowest BCUT2D eigenvalue weighted by Gasteiger charge is -2.09. The highest BCUT2D eigenvalue weighted by Gasteiger charge is 2.27. The van der Waals surface area contributed by atoms with E-state index in [0.29, 0.717) is 12.1 Å². The molecule has 13 heteroatoms. The molecule has 0 spiro atoms. The van der Waals surface area contributed by atoms with Crippen molar-refractivity contribution in [3.05, 3.63) is 51.8 Å². The summed E-state index contributed by atoms with van der Waals surface area (Å²) in [6, 6.07) is 1.84. The van der Waals surface area contributed by atoms with Crippen molar-refractivity contribution in [1.82, 2.24) is 4.98 Å². The Morgan fingerprint density at radius 1 is 1.12 bits per heavy atom. The Bertz CT molecular complexity index is 925. The van der Waals surface area contributed by atoms with E-state index in [1.807, 2.05) is 0 Å². The van der Waals surface area contributed by atoms with Crippen LogP contribution in [-0.2, 0) is 10.0 Å². The molecule has 0 aliphatic heterocycles. The highest BCUT2D eigenvalue weighted by molar-refractivity contribution is 7.89. The molecule has 1 heterocycles. The number of rotatable bonds is 4. The van der Waals surface area contributed by atoms with Gasteiger partial charge in [0.1, 0.15) is 0 Å². The minimum Gasteiger partial charge on any atom is -0.444 e. The van der Waals surface area contributed by atoms with Gasteiger partial charge in [-0.15, -0.1) is 0 Å². The van der Waals surface area contributed by atoms with E-state index in [-0.39, 0.29) is 0 Å². The van der Waals surface area contributed by atoms with Crippen molar-refractivity contribution in [3.63, 3.8) is 0 Å². The number of hydrogen-bond donors (Lipinski definition) is 1. The van der Waals surface area contributed by atoms with Gasteiger partial charge in [-0.25, -0.2) is 13.6 Å². The molecule has 0 aliphatic carbocycles. The van der Waals surface area contributed by atoms with Crippen LogP contribution in [0.3, 0.4) is 0 Å². The fourth-order valence-corrected chi connectivity index (χ4v) is 2.10. The fraction of sp³-hybridized carbons (Fsp3) is 0. The predicted octanol–water partition coefficient (Wildman–Crippen LogP) is 1.99. The van der Waals surface area contributed by atoms with Crippen LogP contribution in [0.5, 0.6) is 11.5 Å². The third-order valence-electron chi connectivity index (χ3n) is 2.62. The molecule has 0 amide bonds. The smallest absolute Gasteiger partial charge is 0.312 e. The highest BCUT2D eigenvalue weighted by Crippen LogP contribution is 2.36. The Morgan fingerprint density at radius 3 is 2.12 bits per heavy atom. The zero-order valence-electron chi connectivity index (χ0n) is 11.2. The van der Waals surface area contributed by atoms with Gasteiger partial charge in [0, 0.05) is 6.07 Å². The summed E-state index contributed by atoms with van der Waals surface area (Å²) in [4.78, 5) is 11.4. The summed E-state index contributed by atoms with van der Waals surface area (Å²) >= 11 is 0. The summed E-state index contributed by atoms with van der Waals surface area (Å²) in [7, 11) is -4.32. The molecule has 0 atom stereocenters. The molecule has 1 aromatic heterocycles. The summed E-state index contributed by atoms with van der Waals surface area (Å²) in [6.07, 6.45) is 0. The summed E-state index contributed by atoms with van der Waals surface area (Å²) < 4.78 is 79.8. The number of primary sulfonamides is 1. The molecule has 2 aromatic rings. The number of benzene rings is 1. The summed E-state index contributed by atoms with van der Waals surface area (Å²) in [6.45, 7) is 0. The molecule has 0 unspecified atom stereocenters. The van der Waals surface area contributed by atoms with E-state index in [2.05, 4.69) is 9.72 Å². The SMILES string of the molecule is NS(=O)(=O)c1ccc(Oc2c(F)c(F)nc(F)c2F)c([N+](=O)[O-])c1. The number of pyridine rings is 1. The Kier molecular flexibility index (Phi) is 4.40. The van der Waals surface area contributed by atoms with Gasteiger partial charge in [-0.05, 0) is 12.1 Å². The lowest BCUT2D eigenvalue weighted by molar-refractivity contribution is -0.385. The maximum atomic E-state index is 13.5. The number of nitro groups is 1. The van der Waals surface area contributed by atoms with Crippen LogP contribution < -0.4 is 9.88 Å². The van der Waals surface area contributed by atoms with Crippen LogP contribution in [-0.4, -0.2) is 18.3 Å². The second kappa shape index (κ2) is 6.01. The molecule has 0 saturated heterocycles. The number of nitro benzene ring substituents is 1. The highest BCUT2D eigenvalue weighted by atomic mass is 32.2. The lowest BCUT2D eigenvalue weighted by atomic mass is 10.3. The number of aromatic nitrogens is 1. The van der Waals surface area contributed by atoms with E-state index >= 15 is 0 Å². The second-order valence-corrected chi connectivity index (χ2v) is 5.75. The molecule has 0 radical (unpaired) electrons. The van der Waals surface area contributed by atoms with Crippen molar-refractivity contribution in [2.24, 2.45) is 5.14 Å². The van der Waals surface area contributed by atoms with Gasteiger partial charge in [-0.1, -0.05) is 0 Å². The Balaban J connectivity index is 2.61. The van der Waals surface area contributed by atoms with Crippen LogP contribution in [0.15, 0.2) is 23.1 Å². The first-order valence-electron chi connectivity index (χ1n) is 5.71. The van der Waals surface area contributed by atoms with E-state index in [4.69, 9.17) is 5.14 Å². The quantitative estimate of drug-likeness (QED) is 0.381. The molecule has 8 nitrogen and oxygen atoms in total. The first-order chi connectivity index (χ1) is 11.0. The lowest BCUT2D eigenvalue weighted by Crippen LogP contribution is -2.12. The van der Waals surface area contributed by atoms with E-state index in [9.17, 15) is 36.1 Å². The van der Waals surface area contributed by atoms with Gasteiger partial charge >= 0.3 is 5.69 Å². The molecule has 0 aliphatic rings. The first-order valence-corrected chi connectivity index (χ1v) is 7.26. The molecule has 0 saturated carbocycles. The molecule has 1 aromatic carbocycles. The molecule has 0 bridgehead atoms. The number of nitrogens with zero attached hydrogens (tertiary/aromatic N) is 2. The summed E-state index contributed by atoms with van der Waals surface area (Å²) in [5.74, 6) is -10.6. The molecular formula is C11H5F4N3O5S. The molecule has 0 fully saturated rings. The fourth-order valence-electron chi connectivity index (χ4n) is 1.57. The molecule has 128 valence electrons. The van der Waals surface area contributed by atoms with Crippen molar-refractivity contribution in [3.8, 4) is 11.5 Å². The molecular weight excluding hydrogens is 362 g/mol. The number of hydrogen-bond acceptors (Lipinski definition) is 6. The molecule has 2 N–H and O–H groups in total. The van der Waals surface area contributed by atoms with Crippen molar-refractivity contribution in [2.75, 3.05) is 0 Å². The first kappa shape index (κ1) is 17.6. The number of ether oxygens (including phenoxy) is 1. The number of sulfonamides is 1. The van der Waals surface area contributed by atoms with Crippen LogP contribution in [0.4, 0.5) is 23.2 Å². The maximum absolute atomic E-state index is 13.5. The van der Waals surface area contributed by atoms with E-state index < -0.39 is 60.6 Å². The van der Waals surface area contributed by atoms with Gasteiger partial charge in [-0.3, -0.25) is 10.1 Å². The minimum absolute atomic E-state index is 0.453. The Hall–Kier alpha value is -2.80. The Morgan fingerprint density at radius 2 is 1.67 bits per heavy atom. The van der Waals surface area contributed by atoms with Crippen LogP contribution in [0.2, 0.25) is 0 Å². The summed E-state index contributed by atoms with van der Waals surface area (Å²) in [5.41, 5.74) is -1.06. The Labute approximate surface area is 130 Å². The van der Waals surface area contributed by atoms with E-state index in [1.54, 1.807) is 0 Å². The predicted molar refractivity (Wildman–Crippen MR) is 68.6 cm³/mol. The van der Waals surface area contributed by atoms with Gasteiger partial charge in [0.25, 0.3) is 11.9 Å². The van der Waals surface area contributed by atoms with Gasteiger partial charge in [0.15, 0.2) is 0 Å². The van der Waals surface area contributed by atoms with Crippen LogP contribution >= 0.6 is 0 Å². The van der Waals surface area contributed by atoms with Gasteiger partial charge in [-0.2, -0.15) is 22.5 Å². The number of halogens is 4. The third-order valence-corrected chi connectivity index (χ3v) is 3.54. The average molecular weight is 367 g/mol. The van der Waals surface area contributed by atoms with Crippen LogP contribution in [0.1, 0.15) is 0 Å². The van der Waals surface area contributed by atoms with Crippen molar-refractivity contribution in [1.29, 1.82) is 0 Å². The number of nitrogens with two attached hydrogens (primary N) is 1. The van der Waals surface area contributed by atoms with E-state index in [0.717, 1.165) is 6.07 Å². The van der Waals surface area contributed by atoms with Crippen LogP contribution in [0, 0.1) is 33.6 Å². The summed E-state index contributed by atoms with van der Waals surface area (Å²) in [5, 5.41) is 15.7. The third kappa shape index (κ3) is 3.26. The minimum atomic E-state index is -4.32. The van der Waals surface area contributed by atoms with Crippen molar-refractivity contribution in [2.45, 2.75) is 4.90 Å². The zero-order valence-corrected chi connectivity index (χ0v) is 12.0. The van der Waals surface area contributed by atoms with Crippen molar-refractivity contribution < 1.29 is 35.6 Å². The second-order valence-electron chi connectivity index (χ2n) is 4.18. The van der Waals surface area contributed by atoms with Crippen LogP contribution in [0.25, 0.3) is 0 Å². The van der Waals surface area contributed by atoms with Gasteiger partial charge < -0.3 is 4.74 Å². The normalized spacial score (nSPS) is 11.4. The maximum Gasteiger partial charge on any atom is 0.312 e. The topological polar surface area (TPSA) is 125 Å². The average Bonchev–Trinajstić information content (AvgIpc) is 2.48. The monoisotopic (exact) mass is 367 g/mol.